The van der Waals surface area contributed by atoms with E-state index in [1.54, 1.807) is 24.7 Å². The molecule has 0 radical (unpaired) electrons. The number of ether oxygens (including phenoxy) is 1. The summed E-state index contributed by atoms with van der Waals surface area (Å²) in [6.07, 6.45) is 4.67. The predicted octanol–water partition coefficient (Wildman–Crippen LogP) is 6.52. The van der Waals surface area contributed by atoms with E-state index in [0.29, 0.717) is 41.1 Å². The van der Waals surface area contributed by atoms with Gasteiger partial charge in [-0.3, -0.25) is 14.2 Å². The Morgan fingerprint density at radius 2 is 1.79 bits per heavy atom. The van der Waals surface area contributed by atoms with E-state index in [9.17, 15) is 9.59 Å². The van der Waals surface area contributed by atoms with Crippen LogP contribution in [0.25, 0.3) is 5.69 Å². The molecule has 0 atom stereocenters. The van der Waals surface area contributed by atoms with Gasteiger partial charge < -0.3 is 4.74 Å². The first-order valence-electron chi connectivity index (χ1n) is 12.0. The number of pyridine rings is 1. The molecular formula is C29H39NO3Si. The first-order valence-corrected chi connectivity index (χ1v) is 15.0. The number of ketones is 1. The van der Waals surface area contributed by atoms with Crippen LogP contribution >= 0.6 is 0 Å². The van der Waals surface area contributed by atoms with Crippen LogP contribution in [-0.2, 0) is 12.8 Å². The molecule has 0 amide bonds. The van der Waals surface area contributed by atoms with E-state index >= 15 is 0 Å². The van der Waals surface area contributed by atoms with Crippen LogP contribution in [0.15, 0.2) is 41.7 Å². The van der Waals surface area contributed by atoms with Crippen LogP contribution in [0, 0.1) is 11.5 Å². The lowest BCUT2D eigenvalue weighted by Gasteiger charge is -2.31. The smallest absolute Gasteiger partial charge is 0.259 e. The lowest BCUT2D eigenvalue weighted by molar-refractivity contribution is 0.101. The first-order chi connectivity index (χ1) is 15.9. The lowest BCUT2D eigenvalue weighted by Crippen LogP contribution is -2.36. The maximum Gasteiger partial charge on any atom is 0.259 e. The second kappa shape index (κ2) is 11.1. The van der Waals surface area contributed by atoms with Crippen molar-refractivity contribution >= 4 is 13.9 Å². The number of carbonyl (C=O) groups is 1. The fourth-order valence-corrected chi connectivity index (χ4v) is 4.44. The minimum absolute atomic E-state index is 0.0510. The minimum atomic E-state index is -2.00. The van der Waals surface area contributed by atoms with Gasteiger partial charge in [0.15, 0.2) is 5.78 Å². The fourth-order valence-electron chi connectivity index (χ4n) is 3.63. The highest BCUT2D eigenvalue weighted by molar-refractivity contribution is 6.87. The van der Waals surface area contributed by atoms with Crippen LogP contribution < -0.4 is 10.3 Å². The van der Waals surface area contributed by atoms with Crippen molar-refractivity contribution < 1.29 is 9.53 Å². The number of rotatable bonds is 8. The molecule has 0 aliphatic heterocycles. The van der Waals surface area contributed by atoms with Crippen molar-refractivity contribution in [3.05, 3.63) is 69.7 Å². The van der Waals surface area contributed by atoms with E-state index < -0.39 is 8.07 Å². The number of aromatic nitrogens is 1. The molecule has 4 nitrogen and oxygen atoms in total. The Morgan fingerprint density at radius 3 is 2.26 bits per heavy atom. The highest BCUT2D eigenvalue weighted by Gasteiger charge is 2.34. The standard InChI is InChI=1S/C29H39NO3Si/c1-10-12-14-24-25(13-11-2)28(32)30(22-15-17-23(33-7)18-16-22)26(27(24)21(3)31)19-20-34(8,9)29(4,5)6/h11,15-18H,2,10,12-14H2,1,3-9H3. The molecule has 0 saturated carbocycles. The number of carbonyl (C=O) groups excluding carboxylic acids is 1. The zero-order chi connectivity index (χ0) is 25.7. The Hall–Kier alpha value is -2.84. The maximum absolute atomic E-state index is 13.9. The Kier molecular flexibility index (Phi) is 8.91. The number of Topliss-reactive ketones (excluding diaryl/α,β-unsaturated/α-hetero) is 1. The van der Waals surface area contributed by atoms with Gasteiger partial charge in [0.1, 0.15) is 19.5 Å². The van der Waals surface area contributed by atoms with Gasteiger partial charge in [-0.05, 0) is 61.1 Å². The molecule has 0 aliphatic rings. The van der Waals surface area contributed by atoms with Gasteiger partial charge in [-0.2, -0.15) is 0 Å². The molecule has 0 fully saturated rings. The zero-order valence-corrected chi connectivity index (χ0v) is 23.1. The number of hydrogen-bond acceptors (Lipinski definition) is 3. The molecular weight excluding hydrogens is 438 g/mol. The van der Waals surface area contributed by atoms with Crippen LogP contribution in [0.3, 0.4) is 0 Å². The van der Waals surface area contributed by atoms with Gasteiger partial charge in [-0.1, -0.05) is 59.2 Å². The Bertz CT molecular complexity index is 1170. The highest BCUT2D eigenvalue weighted by Crippen LogP contribution is 2.35. The number of unbranched alkanes of at least 4 members (excludes halogenated alkanes) is 1. The molecule has 0 N–H and O–H groups in total. The minimum Gasteiger partial charge on any atom is -0.497 e. The van der Waals surface area contributed by atoms with Crippen LogP contribution in [0.5, 0.6) is 5.75 Å². The molecule has 0 bridgehead atoms. The number of benzene rings is 1. The Morgan fingerprint density at radius 1 is 1.18 bits per heavy atom. The molecule has 5 heteroatoms. The van der Waals surface area contributed by atoms with E-state index in [2.05, 4.69) is 58.8 Å². The van der Waals surface area contributed by atoms with E-state index in [0.717, 1.165) is 18.4 Å². The van der Waals surface area contributed by atoms with E-state index in [4.69, 9.17) is 4.74 Å². The molecule has 34 heavy (non-hydrogen) atoms. The van der Waals surface area contributed by atoms with E-state index in [1.165, 1.54) is 0 Å². The molecule has 0 spiro atoms. The van der Waals surface area contributed by atoms with Gasteiger partial charge >= 0.3 is 0 Å². The molecule has 0 unspecified atom stereocenters. The van der Waals surface area contributed by atoms with Crippen molar-refractivity contribution in [3.63, 3.8) is 0 Å². The summed E-state index contributed by atoms with van der Waals surface area (Å²) in [6, 6.07) is 7.31. The van der Waals surface area contributed by atoms with Crippen molar-refractivity contribution in [3.8, 4) is 22.9 Å². The molecule has 182 valence electrons. The molecule has 1 heterocycles. The average molecular weight is 478 g/mol. The monoisotopic (exact) mass is 477 g/mol. The van der Waals surface area contributed by atoms with Crippen LogP contribution in [0.1, 0.15) is 74.6 Å². The maximum atomic E-state index is 13.9. The van der Waals surface area contributed by atoms with Crippen LogP contribution in [0.2, 0.25) is 18.1 Å². The van der Waals surface area contributed by atoms with Gasteiger partial charge in [-0.15, -0.1) is 12.1 Å². The zero-order valence-electron chi connectivity index (χ0n) is 22.1. The van der Waals surface area contributed by atoms with E-state index in [1.807, 2.05) is 24.3 Å². The van der Waals surface area contributed by atoms with Crippen molar-refractivity contribution in [1.29, 1.82) is 0 Å². The summed E-state index contributed by atoms with van der Waals surface area (Å²) in [7, 11) is -0.390. The summed E-state index contributed by atoms with van der Waals surface area (Å²) in [5.74, 6) is 3.99. The summed E-state index contributed by atoms with van der Waals surface area (Å²) < 4.78 is 6.92. The molecule has 2 aromatic rings. The first kappa shape index (κ1) is 27.4. The van der Waals surface area contributed by atoms with Gasteiger partial charge in [0, 0.05) is 5.56 Å². The summed E-state index contributed by atoms with van der Waals surface area (Å²) in [5.41, 5.74) is 6.57. The third kappa shape index (κ3) is 5.80. The second-order valence-corrected chi connectivity index (χ2v) is 15.3. The SMILES string of the molecule is C=CCc1c(CCCC)c(C(C)=O)c(C#C[Si](C)(C)C(C)(C)C)n(-c2ccc(OC)cc2)c1=O. The van der Waals surface area contributed by atoms with Crippen molar-refractivity contribution in [1.82, 2.24) is 4.57 Å². The summed E-state index contributed by atoms with van der Waals surface area (Å²) in [6.45, 7) is 18.6. The van der Waals surface area contributed by atoms with Crippen molar-refractivity contribution in [2.75, 3.05) is 7.11 Å². The van der Waals surface area contributed by atoms with Gasteiger partial charge in [0.2, 0.25) is 0 Å². The number of allylic oxidation sites excluding steroid dienone is 1. The second-order valence-electron chi connectivity index (χ2n) is 10.3. The molecule has 1 aromatic carbocycles. The summed E-state index contributed by atoms with van der Waals surface area (Å²) in [5, 5.41) is 0.0510. The summed E-state index contributed by atoms with van der Waals surface area (Å²) >= 11 is 0. The third-order valence-electron chi connectivity index (χ3n) is 6.77. The summed E-state index contributed by atoms with van der Waals surface area (Å²) in [4.78, 5) is 27.0. The van der Waals surface area contributed by atoms with Gasteiger partial charge in [0.05, 0.1) is 18.4 Å². The number of hydrogen-bond donors (Lipinski definition) is 0. The van der Waals surface area contributed by atoms with Crippen molar-refractivity contribution in [2.45, 2.75) is 78.4 Å². The predicted molar refractivity (Wildman–Crippen MR) is 145 cm³/mol. The molecule has 1 aromatic heterocycles. The van der Waals surface area contributed by atoms with E-state index in [-0.39, 0.29) is 16.4 Å². The normalized spacial score (nSPS) is 11.5. The van der Waals surface area contributed by atoms with Gasteiger partial charge in [0.25, 0.3) is 5.56 Å². The molecule has 0 saturated heterocycles. The largest absolute Gasteiger partial charge is 0.497 e. The fraction of sp³-hybridized carbons (Fsp3) is 0.448. The molecule has 2 rings (SSSR count). The Labute approximate surface area is 206 Å². The quantitative estimate of drug-likeness (QED) is 0.188. The van der Waals surface area contributed by atoms with Gasteiger partial charge in [-0.25, -0.2) is 0 Å². The number of methoxy groups -OCH3 is 1. The third-order valence-corrected chi connectivity index (χ3v) is 11.3. The van der Waals surface area contributed by atoms with Crippen LogP contribution in [0.4, 0.5) is 0 Å². The highest BCUT2D eigenvalue weighted by atomic mass is 28.3. The van der Waals surface area contributed by atoms with Crippen molar-refractivity contribution in [2.24, 2.45) is 0 Å². The Balaban J connectivity index is 3.06. The van der Waals surface area contributed by atoms with Crippen LogP contribution in [-0.4, -0.2) is 25.5 Å². The molecule has 0 aliphatic carbocycles. The number of nitrogens with zero attached hydrogens (tertiary/aromatic N) is 1. The lowest BCUT2D eigenvalue weighted by atomic mass is 9.92. The average Bonchev–Trinajstić information content (AvgIpc) is 2.77. The topological polar surface area (TPSA) is 48.3 Å².